The molecule has 6 heteroatoms. The zero-order valence-corrected chi connectivity index (χ0v) is 6.60. The molecule has 0 aliphatic carbocycles. The number of aromatic hydroxyl groups is 1. The lowest BCUT2D eigenvalue weighted by Crippen LogP contribution is -1.69. The third-order valence-electron chi connectivity index (χ3n) is 0.800. The number of nitrogens with zero attached hydrogens (tertiary/aromatic N) is 3. The van der Waals surface area contributed by atoms with Gasteiger partial charge in [-0.25, -0.2) is 0 Å². The lowest BCUT2D eigenvalue weighted by molar-refractivity contribution is 0.456. The molecule has 1 unspecified atom stereocenters. The van der Waals surface area contributed by atoms with Gasteiger partial charge < -0.3 is 5.11 Å². The van der Waals surface area contributed by atoms with E-state index in [9.17, 15) is 0 Å². The maximum atomic E-state index is 8.74. The summed E-state index contributed by atoms with van der Waals surface area (Å²) in [6.07, 6.45) is 1.43. The second kappa shape index (κ2) is 2.42. The lowest BCUT2D eigenvalue weighted by atomic mass is 10.9. The van der Waals surface area contributed by atoms with Gasteiger partial charge in [-0.3, -0.25) is 4.34 Å². The molecule has 1 rings (SSSR count). The number of aromatic nitrogens is 2. The molecular formula is C3H5N3OP2. The Hall–Kier alpha value is -0.460. The van der Waals surface area contributed by atoms with Gasteiger partial charge in [-0.1, -0.05) is 0 Å². The molecule has 4 nitrogen and oxygen atoms in total. The van der Waals surface area contributed by atoms with Crippen LogP contribution >= 0.6 is 18.4 Å². The fourth-order valence-electron chi connectivity index (χ4n) is 0.454. The van der Waals surface area contributed by atoms with Crippen LogP contribution in [0.4, 0.5) is 5.95 Å². The predicted molar refractivity (Wildman–Crippen MR) is 39.4 cm³/mol. The molecule has 0 aromatic carbocycles. The van der Waals surface area contributed by atoms with Crippen molar-refractivity contribution < 1.29 is 5.11 Å². The van der Waals surface area contributed by atoms with E-state index in [-0.39, 0.29) is 5.88 Å². The van der Waals surface area contributed by atoms with Crippen LogP contribution < -0.4 is 0 Å². The smallest absolute Gasteiger partial charge is 0.239 e. The lowest BCUT2D eigenvalue weighted by Gasteiger charge is -1.86. The SMILES string of the molecule is Oc1cn(P)c(N=P)n1. The Kier molecular flexibility index (Phi) is 1.79. The van der Waals surface area contributed by atoms with Crippen LogP contribution in [-0.2, 0) is 0 Å². The summed E-state index contributed by atoms with van der Waals surface area (Å²) >= 11 is 0. The van der Waals surface area contributed by atoms with Crippen LogP contribution in [0.1, 0.15) is 0 Å². The highest BCUT2D eigenvalue weighted by Gasteiger charge is 1.98. The standard InChI is InChI=1S/C3H5N3OP2/c7-2-1-6(9)3(4-2)5-8/h1,7-8H,9H2. The fraction of sp³-hybridized carbons (Fsp3) is 0. The van der Waals surface area contributed by atoms with Gasteiger partial charge in [-0.15, -0.1) is 0 Å². The van der Waals surface area contributed by atoms with E-state index < -0.39 is 0 Å². The molecule has 0 saturated heterocycles. The molecule has 0 amide bonds. The van der Waals surface area contributed by atoms with E-state index in [2.05, 4.69) is 28.2 Å². The van der Waals surface area contributed by atoms with E-state index in [1.165, 1.54) is 10.5 Å². The van der Waals surface area contributed by atoms with Crippen molar-refractivity contribution in [3.8, 4) is 5.88 Å². The van der Waals surface area contributed by atoms with Crippen molar-refractivity contribution in [1.82, 2.24) is 9.32 Å². The summed E-state index contributed by atoms with van der Waals surface area (Å²) in [5, 5.41) is 8.74. The molecule has 0 radical (unpaired) electrons. The third kappa shape index (κ3) is 1.26. The highest BCUT2D eigenvalue weighted by Crippen LogP contribution is 2.19. The second-order valence-electron chi connectivity index (χ2n) is 1.42. The summed E-state index contributed by atoms with van der Waals surface area (Å²) in [6, 6.07) is 0. The van der Waals surface area contributed by atoms with E-state index in [0.29, 0.717) is 5.95 Å². The molecule has 0 fully saturated rings. The Morgan fingerprint density at radius 2 is 2.56 bits per heavy atom. The maximum absolute atomic E-state index is 8.74. The number of imidazole rings is 1. The molecule has 0 aliphatic heterocycles. The van der Waals surface area contributed by atoms with Gasteiger partial charge in [0.15, 0.2) is 0 Å². The van der Waals surface area contributed by atoms with Crippen molar-refractivity contribution in [2.24, 2.45) is 4.74 Å². The van der Waals surface area contributed by atoms with Crippen LogP contribution in [0.25, 0.3) is 0 Å². The Morgan fingerprint density at radius 3 is 2.78 bits per heavy atom. The number of rotatable bonds is 1. The average molecular weight is 161 g/mol. The maximum Gasteiger partial charge on any atom is 0.239 e. The Balaban J connectivity index is 3.15. The first-order valence-corrected chi connectivity index (χ1v) is 3.11. The van der Waals surface area contributed by atoms with E-state index in [4.69, 9.17) is 5.11 Å². The van der Waals surface area contributed by atoms with E-state index in [1.807, 2.05) is 0 Å². The first-order valence-electron chi connectivity index (χ1n) is 2.15. The summed E-state index contributed by atoms with van der Waals surface area (Å²) in [5.74, 6) is 0.371. The Morgan fingerprint density at radius 1 is 1.89 bits per heavy atom. The van der Waals surface area contributed by atoms with Crippen LogP contribution in [0.5, 0.6) is 5.88 Å². The van der Waals surface area contributed by atoms with Gasteiger partial charge in [-0.05, 0) is 18.4 Å². The highest BCUT2D eigenvalue weighted by atomic mass is 31.0. The van der Waals surface area contributed by atoms with Crippen molar-refractivity contribution in [3.05, 3.63) is 6.20 Å². The van der Waals surface area contributed by atoms with Crippen molar-refractivity contribution in [3.63, 3.8) is 0 Å². The van der Waals surface area contributed by atoms with Gasteiger partial charge in [0.1, 0.15) is 0 Å². The molecule has 0 saturated carbocycles. The first-order chi connectivity index (χ1) is 4.24. The van der Waals surface area contributed by atoms with Gasteiger partial charge >= 0.3 is 0 Å². The van der Waals surface area contributed by atoms with Crippen molar-refractivity contribution in [1.29, 1.82) is 0 Å². The van der Waals surface area contributed by atoms with Crippen LogP contribution in [0.3, 0.4) is 0 Å². The molecule has 1 aromatic heterocycles. The molecule has 0 spiro atoms. The van der Waals surface area contributed by atoms with Gasteiger partial charge in [0.05, 0.1) is 6.20 Å². The molecule has 0 bridgehead atoms. The van der Waals surface area contributed by atoms with E-state index >= 15 is 0 Å². The van der Waals surface area contributed by atoms with Crippen molar-refractivity contribution in [2.75, 3.05) is 0 Å². The largest absolute Gasteiger partial charge is 0.492 e. The summed E-state index contributed by atoms with van der Waals surface area (Å²) < 4.78 is 5.08. The van der Waals surface area contributed by atoms with E-state index in [0.717, 1.165) is 0 Å². The topological polar surface area (TPSA) is 50.4 Å². The minimum atomic E-state index is -0.0398. The molecule has 1 atom stereocenters. The predicted octanol–water partition coefficient (Wildman–Crippen LogP) is 1.18. The Labute approximate surface area is 56.5 Å². The molecular weight excluding hydrogens is 156 g/mol. The number of hydrogen-bond acceptors (Lipinski definition) is 3. The summed E-state index contributed by atoms with van der Waals surface area (Å²) in [6.45, 7) is 0. The summed E-state index contributed by atoms with van der Waals surface area (Å²) in [7, 11) is 5.21. The quantitative estimate of drug-likeness (QED) is 0.628. The van der Waals surface area contributed by atoms with E-state index in [1.54, 1.807) is 0 Å². The van der Waals surface area contributed by atoms with Gasteiger partial charge in [0, 0.05) is 0 Å². The number of hydrogen-bond donors (Lipinski definition) is 1. The monoisotopic (exact) mass is 161 g/mol. The molecule has 1 N–H and O–H groups in total. The molecule has 0 aliphatic rings. The van der Waals surface area contributed by atoms with Crippen LogP contribution in [-0.4, -0.2) is 14.4 Å². The van der Waals surface area contributed by atoms with Crippen LogP contribution in [0.15, 0.2) is 10.9 Å². The van der Waals surface area contributed by atoms with Crippen LogP contribution in [0, 0.1) is 0 Å². The molecule has 1 aromatic rings. The average Bonchev–Trinajstić information content (AvgIpc) is 2.10. The normalized spacial score (nSPS) is 9.44. The van der Waals surface area contributed by atoms with Gasteiger partial charge in [0.2, 0.25) is 11.8 Å². The molecule has 1 heterocycles. The van der Waals surface area contributed by atoms with Crippen molar-refractivity contribution in [2.45, 2.75) is 0 Å². The fourth-order valence-corrected chi connectivity index (χ4v) is 0.984. The summed E-state index contributed by atoms with van der Waals surface area (Å²) in [4.78, 5) is 3.61. The highest BCUT2D eigenvalue weighted by molar-refractivity contribution is 7.14. The Bertz CT molecular complexity index is 233. The minimum absolute atomic E-state index is 0.0398. The van der Waals surface area contributed by atoms with Gasteiger partial charge in [0.25, 0.3) is 0 Å². The summed E-state index contributed by atoms with van der Waals surface area (Å²) in [5.41, 5.74) is 0. The molecule has 48 valence electrons. The molecule has 9 heavy (non-hydrogen) atoms. The van der Waals surface area contributed by atoms with Gasteiger partial charge in [-0.2, -0.15) is 9.73 Å². The van der Waals surface area contributed by atoms with Crippen molar-refractivity contribution >= 4 is 24.4 Å². The van der Waals surface area contributed by atoms with Crippen LogP contribution in [0.2, 0.25) is 0 Å². The third-order valence-corrected chi connectivity index (χ3v) is 1.38. The zero-order valence-electron chi connectivity index (χ0n) is 4.44. The first kappa shape index (κ1) is 6.66. The second-order valence-corrected chi connectivity index (χ2v) is 2.20. The zero-order chi connectivity index (χ0) is 6.85. The minimum Gasteiger partial charge on any atom is -0.492 e.